The average molecular weight is 286 g/mol. The molecule has 2 rings (SSSR count). The standard InChI is InChI=1S/C18H22O3/c1-4-21-17(20)10-9-16(19)18-13(3)6-8-14-7-5-12(2)11-15(14)18/h5,7,11H,4,6,8-10H2,1-3H3. The van der Waals surface area contributed by atoms with Crippen molar-refractivity contribution in [1.29, 1.82) is 0 Å². The van der Waals surface area contributed by atoms with Crippen LogP contribution in [0.25, 0.3) is 5.57 Å². The number of allylic oxidation sites excluding steroid dienone is 2. The molecule has 1 aromatic rings. The first kappa shape index (κ1) is 15.5. The number of Topliss-reactive ketones (excluding diaryl/α,β-unsaturated/α-hetero) is 1. The molecule has 1 aliphatic carbocycles. The summed E-state index contributed by atoms with van der Waals surface area (Å²) in [6, 6.07) is 6.27. The van der Waals surface area contributed by atoms with E-state index in [0.29, 0.717) is 6.61 Å². The van der Waals surface area contributed by atoms with Crippen LogP contribution in [0.2, 0.25) is 0 Å². The minimum Gasteiger partial charge on any atom is -0.466 e. The zero-order valence-corrected chi connectivity index (χ0v) is 13.0. The van der Waals surface area contributed by atoms with Gasteiger partial charge in [0.25, 0.3) is 0 Å². The van der Waals surface area contributed by atoms with Gasteiger partial charge in [0.15, 0.2) is 5.78 Å². The normalized spacial score (nSPS) is 13.9. The first-order chi connectivity index (χ1) is 10.0. The van der Waals surface area contributed by atoms with E-state index in [1.54, 1.807) is 6.92 Å². The predicted molar refractivity (Wildman–Crippen MR) is 83.0 cm³/mol. The molecule has 112 valence electrons. The molecule has 0 atom stereocenters. The van der Waals surface area contributed by atoms with Gasteiger partial charge in [-0.1, -0.05) is 29.3 Å². The van der Waals surface area contributed by atoms with Crippen LogP contribution in [0.4, 0.5) is 0 Å². The molecular formula is C18H22O3. The van der Waals surface area contributed by atoms with Crippen molar-refractivity contribution < 1.29 is 14.3 Å². The highest BCUT2D eigenvalue weighted by molar-refractivity contribution is 6.22. The largest absolute Gasteiger partial charge is 0.466 e. The summed E-state index contributed by atoms with van der Waals surface area (Å²) in [6.45, 7) is 6.18. The summed E-state index contributed by atoms with van der Waals surface area (Å²) >= 11 is 0. The molecule has 0 unspecified atom stereocenters. The quantitative estimate of drug-likeness (QED) is 0.776. The Bertz CT molecular complexity index is 596. The molecule has 0 bridgehead atoms. The molecule has 0 aliphatic heterocycles. The molecule has 0 radical (unpaired) electrons. The summed E-state index contributed by atoms with van der Waals surface area (Å²) in [5.41, 5.74) is 5.36. The van der Waals surface area contributed by atoms with Crippen LogP contribution in [-0.2, 0) is 20.7 Å². The van der Waals surface area contributed by atoms with Crippen LogP contribution in [0.5, 0.6) is 0 Å². The molecule has 0 spiro atoms. The molecule has 0 fully saturated rings. The van der Waals surface area contributed by atoms with Crippen molar-refractivity contribution in [2.45, 2.75) is 46.5 Å². The van der Waals surface area contributed by atoms with Gasteiger partial charge in [-0.05, 0) is 44.7 Å². The molecule has 21 heavy (non-hydrogen) atoms. The van der Waals surface area contributed by atoms with Crippen molar-refractivity contribution in [3.8, 4) is 0 Å². The van der Waals surface area contributed by atoms with Gasteiger partial charge in [0, 0.05) is 12.0 Å². The Balaban J connectivity index is 2.20. The third-order valence-corrected chi connectivity index (χ3v) is 3.87. The highest BCUT2D eigenvalue weighted by Crippen LogP contribution is 2.33. The van der Waals surface area contributed by atoms with Crippen LogP contribution in [0, 0.1) is 6.92 Å². The Labute approximate surface area is 126 Å². The molecule has 3 nitrogen and oxygen atoms in total. The lowest BCUT2D eigenvalue weighted by molar-refractivity contribution is -0.144. The highest BCUT2D eigenvalue weighted by atomic mass is 16.5. The number of aryl methyl sites for hydroxylation is 2. The molecule has 0 heterocycles. The third-order valence-electron chi connectivity index (χ3n) is 3.87. The lowest BCUT2D eigenvalue weighted by Gasteiger charge is -2.21. The molecule has 1 aromatic carbocycles. The summed E-state index contributed by atoms with van der Waals surface area (Å²) in [4.78, 5) is 23.9. The number of hydrogen-bond acceptors (Lipinski definition) is 3. The monoisotopic (exact) mass is 286 g/mol. The predicted octanol–water partition coefficient (Wildman–Crippen LogP) is 3.63. The van der Waals surface area contributed by atoms with Gasteiger partial charge in [0.05, 0.1) is 13.0 Å². The van der Waals surface area contributed by atoms with E-state index in [9.17, 15) is 9.59 Å². The fraction of sp³-hybridized carbons (Fsp3) is 0.444. The number of benzene rings is 1. The lowest BCUT2D eigenvalue weighted by Crippen LogP contribution is -2.14. The number of carbonyl (C=O) groups excluding carboxylic acids is 2. The fourth-order valence-corrected chi connectivity index (χ4v) is 2.78. The summed E-state index contributed by atoms with van der Waals surface area (Å²) in [5, 5.41) is 0. The van der Waals surface area contributed by atoms with Gasteiger partial charge < -0.3 is 4.74 Å². The molecule has 0 aromatic heterocycles. The number of fused-ring (bicyclic) bond motifs is 1. The van der Waals surface area contributed by atoms with Gasteiger partial charge >= 0.3 is 5.97 Å². The summed E-state index contributed by atoms with van der Waals surface area (Å²) in [5.74, 6) is -0.253. The Morgan fingerprint density at radius 1 is 1.14 bits per heavy atom. The van der Waals surface area contributed by atoms with Crippen LogP contribution in [0.3, 0.4) is 0 Å². The Kier molecular flexibility index (Phi) is 4.94. The minimum absolute atomic E-state index is 0.0482. The lowest BCUT2D eigenvalue weighted by atomic mass is 9.82. The average Bonchev–Trinajstić information content (AvgIpc) is 2.45. The van der Waals surface area contributed by atoms with E-state index >= 15 is 0 Å². The number of rotatable bonds is 5. The minimum atomic E-state index is -0.302. The summed E-state index contributed by atoms with van der Waals surface area (Å²) in [7, 11) is 0. The molecule has 1 aliphatic rings. The van der Waals surface area contributed by atoms with Crippen LogP contribution in [0.1, 0.15) is 49.8 Å². The van der Waals surface area contributed by atoms with Crippen molar-refractivity contribution >= 4 is 17.3 Å². The van der Waals surface area contributed by atoms with E-state index in [1.165, 1.54) is 5.56 Å². The van der Waals surface area contributed by atoms with Crippen LogP contribution < -0.4 is 0 Å². The number of ether oxygens (including phenoxy) is 1. The number of esters is 1. The first-order valence-electron chi connectivity index (χ1n) is 7.51. The zero-order chi connectivity index (χ0) is 15.4. The third kappa shape index (κ3) is 3.60. The van der Waals surface area contributed by atoms with E-state index in [1.807, 2.05) is 13.8 Å². The van der Waals surface area contributed by atoms with E-state index in [4.69, 9.17) is 4.74 Å². The SMILES string of the molecule is CCOC(=O)CCC(=O)C1=C(C)CCc2ccc(C)cc21. The molecule has 0 amide bonds. The number of ketones is 1. The smallest absolute Gasteiger partial charge is 0.306 e. The van der Waals surface area contributed by atoms with Crippen molar-refractivity contribution in [3.63, 3.8) is 0 Å². The second kappa shape index (κ2) is 6.70. The van der Waals surface area contributed by atoms with E-state index in [0.717, 1.165) is 35.1 Å². The molecular weight excluding hydrogens is 264 g/mol. The van der Waals surface area contributed by atoms with Gasteiger partial charge in [0.1, 0.15) is 0 Å². The Hall–Kier alpha value is -1.90. The fourth-order valence-electron chi connectivity index (χ4n) is 2.78. The number of carbonyl (C=O) groups is 2. The van der Waals surface area contributed by atoms with Gasteiger partial charge in [-0.2, -0.15) is 0 Å². The van der Waals surface area contributed by atoms with E-state index in [-0.39, 0.29) is 24.6 Å². The maximum atomic E-state index is 12.5. The second-order valence-corrected chi connectivity index (χ2v) is 5.54. The molecule has 0 N–H and O–H groups in total. The second-order valence-electron chi connectivity index (χ2n) is 5.54. The maximum absolute atomic E-state index is 12.5. The summed E-state index contributed by atoms with van der Waals surface area (Å²) < 4.78 is 4.89. The van der Waals surface area contributed by atoms with Gasteiger partial charge in [-0.15, -0.1) is 0 Å². The van der Waals surface area contributed by atoms with Gasteiger partial charge in [0.2, 0.25) is 0 Å². The van der Waals surface area contributed by atoms with Crippen LogP contribution in [0.15, 0.2) is 23.8 Å². The van der Waals surface area contributed by atoms with E-state index in [2.05, 4.69) is 18.2 Å². The first-order valence-corrected chi connectivity index (χ1v) is 7.51. The van der Waals surface area contributed by atoms with Gasteiger partial charge in [-0.3, -0.25) is 9.59 Å². The maximum Gasteiger partial charge on any atom is 0.306 e. The van der Waals surface area contributed by atoms with Crippen molar-refractivity contribution in [2.24, 2.45) is 0 Å². The van der Waals surface area contributed by atoms with E-state index < -0.39 is 0 Å². The van der Waals surface area contributed by atoms with Crippen LogP contribution in [-0.4, -0.2) is 18.4 Å². The van der Waals surface area contributed by atoms with Crippen molar-refractivity contribution in [2.75, 3.05) is 6.61 Å². The highest BCUT2D eigenvalue weighted by Gasteiger charge is 2.22. The zero-order valence-electron chi connectivity index (χ0n) is 13.0. The molecule has 3 heteroatoms. The Morgan fingerprint density at radius 3 is 2.62 bits per heavy atom. The Morgan fingerprint density at radius 2 is 1.90 bits per heavy atom. The summed E-state index contributed by atoms with van der Waals surface area (Å²) in [6.07, 6.45) is 2.27. The topological polar surface area (TPSA) is 43.4 Å². The number of hydrogen-bond donors (Lipinski definition) is 0. The van der Waals surface area contributed by atoms with Crippen molar-refractivity contribution in [3.05, 3.63) is 40.5 Å². The van der Waals surface area contributed by atoms with Crippen LogP contribution >= 0.6 is 0 Å². The van der Waals surface area contributed by atoms with Crippen molar-refractivity contribution in [1.82, 2.24) is 0 Å². The van der Waals surface area contributed by atoms with Gasteiger partial charge in [-0.25, -0.2) is 0 Å². The molecule has 0 saturated heterocycles. The molecule has 0 saturated carbocycles.